The number of hydrogen-bond donors (Lipinski definition) is 1. The average molecular weight is 321 g/mol. The first-order chi connectivity index (χ1) is 10.7. The van der Waals surface area contributed by atoms with Gasteiger partial charge in [0.15, 0.2) is 0 Å². The van der Waals surface area contributed by atoms with E-state index in [0.29, 0.717) is 13.0 Å². The molecule has 1 aromatic carbocycles. The van der Waals surface area contributed by atoms with Crippen LogP contribution in [-0.4, -0.2) is 33.7 Å². The van der Waals surface area contributed by atoms with E-state index in [4.69, 9.17) is 9.84 Å². The molecule has 0 radical (unpaired) electrons. The maximum Gasteiger partial charge on any atom is 0.410 e. The van der Waals surface area contributed by atoms with Crippen LogP contribution in [0.2, 0.25) is 0 Å². The Balaban J connectivity index is 3.01. The second kappa shape index (κ2) is 8.56. The lowest BCUT2D eigenvalue weighted by atomic mass is 10.1. The highest BCUT2D eigenvalue weighted by Crippen LogP contribution is 2.19. The number of amides is 1. The highest BCUT2D eigenvalue weighted by Gasteiger charge is 2.29. The lowest BCUT2D eigenvalue weighted by Crippen LogP contribution is -2.43. The zero-order valence-corrected chi connectivity index (χ0v) is 14.4. The number of rotatable bonds is 7. The van der Waals surface area contributed by atoms with Gasteiger partial charge in [0.1, 0.15) is 5.60 Å². The average Bonchev–Trinajstić information content (AvgIpc) is 2.43. The van der Waals surface area contributed by atoms with Crippen LogP contribution in [0.25, 0.3) is 0 Å². The quantitative estimate of drug-likeness (QED) is 0.822. The Morgan fingerprint density at radius 1 is 1.22 bits per heavy atom. The second-order valence-corrected chi connectivity index (χ2v) is 6.63. The van der Waals surface area contributed by atoms with Gasteiger partial charge in [-0.25, -0.2) is 4.79 Å². The predicted octanol–water partition coefficient (Wildman–Crippen LogP) is 4.07. The molecular weight excluding hydrogens is 294 g/mol. The van der Waals surface area contributed by atoms with E-state index in [1.54, 1.807) is 20.8 Å². The van der Waals surface area contributed by atoms with E-state index in [1.165, 1.54) is 4.90 Å². The smallest absolute Gasteiger partial charge is 0.410 e. The molecule has 1 aromatic rings. The Kier molecular flexibility index (Phi) is 7.07. The van der Waals surface area contributed by atoms with Crippen molar-refractivity contribution in [2.75, 3.05) is 0 Å². The Morgan fingerprint density at radius 3 is 2.30 bits per heavy atom. The number of benzene rings is 1. The van der Waals surface area contributed by atoms with E-state index in [-0.39, 0.29) is 12.5 Å². The standard InChI is InChI=1S/C18H27NO4/c1-5-9-15(12-16(20)21)19(17(22)23-18(2,3)4)13-14-10-7-6-8-11-14/h6-8,10-11,15H,5,9,12-13H2,1-4H3,(H,20,21)/t15-/m1/s1. The summed E-state index contributed by atoms with van der Waals surface area (Å²) in [7, 11) is 0. The number of nitrogens with zero attached hydrogens (tertiary/aromatic N) is 1. The minimum absolute atomic E-state index is 0.0834. The number of carboxylic acid groups (broad SMARTS) is 1. The van der Waals surface area contributed by atoms with Crippen LogP contribution in [0, 0.1) is 0 Å². The Morgan fingerprint density at radius 2 is 1.83 bits per heavy atom. The topological polar surface area (TPSA) is 66.8 Å². The van der Waals surface area contributed by atoms with Crippen molar-refractivity contribution >= 4 is 12.1 Å². The van der Waals surface area contributed by atoms with Gasteiger partial charge in [-0.3, -0.25) is 4.79 Å². The predicted molar refractivity (Wildman–Crippen MR) is 89.2 cm³/mol. The molecule has 1 N–H and O–H groups in total. The van der Waals surface area contributed by atoms with Gasteiger partial charge in [0.05, 0.1) is 6.42 Å². The van der Waals surface area contributed by atoms with Gasteiger partial charge in [-0.05, 0) is 32.8 Å². The minimum atomic E-state index is -0.912. The molecular formula is C18H27NO4. The molecule has 1 amide bonds. The minimum Gasteiger partial charge on any atom is -0.481 e. The maximum atomic E-state index is 12.6. The van der Waals surface area contributed by atoms with Crippen LogP contribution in [-0.2, 0) is 16.1 Å². The first kappa shape index (κ1) is 19.0. The van der Waals surface area contributed by atoms with E-state index in [0.717, 1.165) is 12.0 Å². The van der Waals surface area contributed by atoms with Crippen molar-refractivity contribution in [2.45, 2.75) is 65.1 Å². The summed E-state index contributed by atoms with van der Waals surface area (Å²) in [6, 6.07) is 9.15. The van der Waals surface area contributed by atoms with Gasteiger partial charge < -0.3 is 14.7 Å². The van der Waals surface area contributed by atoms with Crippen molar-refractivity contribution < 1.29 is 19.4 Å². The molecule has 0 aromatic heterocycles. The summed E-state index contributed by atoms with van der Waals surface area (Å²) >= 11 is 0. The van der Waals surface area contributed by atoms with Crippen LogP contribution in [0.3, 0.4) is 0 Å². The van der Waals surface area contributed by atoms with Gasteiger partial charge in [0.25, 0.3) is 0 Å². The summed E-state index contributed by atoms with van der Waals surface area (Å²) in [4.78, 5) is 25.3. The Bertz CT molecular complexity index is 508. The zero-order chi connectivity index (χ0) is 17.5. The second-order valence-electron chi connectivity index (χ2n) is 6.63. The molecule has 5 heteroatoms. The van der Waals surface area contributed by atoms with Crippen molar-refractivity contribution in [2.24, 2.45) is 0 Å². The maximum absolute atomic E-state index is 12.6. The molecule has 0 spiro atoms. The van der Waals surface area contributed by atoms with E-state index in [9.17, 15) is 9.59 Å². The molecule has 1 atom stereocenters. The number of hydrogen-bond acceptors (Lipinski definition) is 3. The van der Waals surface area contributed by atoms with Crippen molar-refractivity contribution in [3.63, 3.8) is 0 Å². The molecule has 0 fully saturated rings. The number of carbonyl (C=O) groups is 2. The summed E-state index contributed by atoms with van der Waals surface area (Å²) in [6.45, 7) is 7.73. The highest BCUT2D eigenvalue weighted by atomic mass is 16.6. The molecule has 5 nitrogen and oxygen atoms in total. The van der Waals surface area contributed by atoms with Gasteiger partial charge in [-0.2, -0.15) is 0 Å². The molecule has 0 saturated heterocycles. The summed E-state index contributed by atoms with van der Waals surface area (Å²) in [5.74, 6) is -0.912. The first-order valence-corrected chi connectivity index (χ1v) is 7.98. The fourth-order valence-corrected chi connectivity index (χ4v) is 2.35. The van der Waals surface area contributed by atoms with Crippen molar-refractivity contribution in [3.05, 3.63) is 35.9 Å². The summed E-state index contributed by atoms with van der Waals surface area (Å²) in [6.07, 6.45) is 0.866. The molecule has 0 aliphatic carbocycles. The van der Waals surface area contributed by atoms with E-state index in [2.05, 4.69) is 0 Å². The van der Waals surface area contributed by atoms with Gasteiger partial charge in [0, 0.05) is 12.6 Å². The fourth-order valence-electron chi connectivity index (χ4n) is 2.35. The molecule has 1 rings (SSSR count). The lowest BCUT2D eigenvalue weighted by molar-refractivity contribution is -0.138. The molecule has 0 saturated carbocycles. The SMILES string of the molecule is CCC[C@H](CC(=O)O)N(Cc1ccccc1)C(=O)OC(C)(C)C. The largest absolute Gasteiger partial charge is 0.481 e. The van der Waals surface area contributed by atoms with Crippen LogP contribution < -0.4 is 0 Å². The third-order valence-electron chi connectivity index (χ3n) is 3.30. The van der Waals surface area contributed by atoms with Crippen LogP contribution >= 0.6 is 0 Å². The van der Waals surface area contributed by atoms with Crippen LogP contribution in [0.4, 0.5) is 4.79 Å². The summed E-state index contributed by atoms with van der Waals surface area (Å²) < 4.78 is 5.48. The van der Waals surface area contributed by atoms with Gasteiger partial charge in [-0.15, -0.1) is 0 Å². The molecule has 0 bridgehead atoms. The number of ether oxygens (including phenoxy) is 1. The van der Waals surface area contributed by atoms with E-state index < -0.39 is 17.7 Å². The van der Waals surface area contributed by atoms with Crippen molar-refractivity contribution in [3.8, 4) is 0 Å². The van der Waals surface area contributed by atoms with Gasteiger partial charge in [-0.1, -0.05) is 43.7 Å². The normalized spacial score (nSPS) is 12.5. The zero-order valence-electron chi connectivity index (χ0n) is 14.4. The van der Waals surface area contributed by atoms with Crippen LogP contribution in [0.15, 0.2) is 30.3 Å². The van der Waals surface area contributed by atoms with Gasteiger partial charge in [0.2, 0.25) is 0 Å². The lowest BCUT2D eigenvalue weighted by Gasteiger charge is -2.33. The molecule has 128 valence electrons. The first-order valence-electron chi connectivity index (χ1n) is 7.98. The number of carboxylic acids is 1. The summed E-state index contributed by atoms with van der Waals surface area (Å²) in [5.41, 5.74) is 0.330. The number of carbonyl (C=O) groups excluding carboxylic acids is 1. The van der Waals surface area contributed by atoms with Crippen molar-refractivity contribution in [1.29, 1.82) is 0 Å². The molecule has 23 heavy (non-hydrogen) atoms. The van der Waals surface area contributed by atoms with Crippen LogP contribution in [0.5, 0.6) is 0 Å². The highest BCUT2D eigenvalue weighted by molar-refractivity contribution is 5.72. The fraction of sp³-hybridized carbons (Fsp3) is 0.556. The molecule has 0 unspecified atom stereocenters. The monoisotopic (exact) mass is 321 g/mol. The summed E-state index contributed by atoms with van der Waals surface area (Å²) in [5, 5.41) is 9.16. The Hall–Kier alpha value is -2.04. The third kappa shape index (κ3) is 7.17. The van der Waals surface area contributed by atoms with E-state index in [1.807, 2.05) is 37.3 Å². The van der Waals surface area contributed by atoms with Crippen molar-refractivity contribution in [1.82, 2.24) is 4.90 Å². The van der Waals surface area contributed by atoms with Gasteiger partial charge >= 0.3 is 12.1 Å². The third-order valence-corrected chi connectivity index (χ3v) is 3.30. The molecule has 0 aliphatic rings. The number of aliphatic carboxylic acids is 1. The van der Waals surface area contributed by atoms with Crippen LogP contribution in [0.1, 0.15) is 52.5 Å². The molecule has 0 aliphatic heterocycles. The molecule has 0 heterocycles. The Labute approximate surface area is 138 Å². The van der Waals surface area contributed by atoms with E-state index >= 15 is 0 Å².